The second-order valence-electron chi connectivity index (χ2n) is 11.2. The van der Waals surface area contributed by atoms with Gasteiger partial charge < -0.3 is 9.73 Å². The van der Waals surface area contributed by atoms with Gasteiger partial charge in [-0.3, -0.25) is 4.79 Å². The molecule has 1 N–H and O–H groups in total. The lowest BCUT2D eigenvalue weighted by atomic mass is 9.48. The summed E-state index contributed by atoms with van der Waals surface area (Å²) in [6.45, 7) is 4.20. The van der Waals surface area contributed by atoms with E-state index >= 15 is 0 Å². The summed E-state index contributed by atoms with van der Waals surface area (Å²) in [5.41, 5.74) is 2.87. The van der Waals surface area contributed by atoms with Crippen molar-refractivity contribution in [3.8, 4) is 11.5 Å². The Morgan fingerprint density at radius 3 is 2.29 bits per heavy atom. The van der Waals surface area contributed by atoms with Gasteiger partial charge in [-0.2, -0.15) is 0 Å². The van der Waals surface area contributed by atoms with Crippen LogP contribution >= 0.6 is 11.8 Å². The quantitative estimate of drug-likeness (QED) is 0.357. The van der Waals surface area contributed by atoms with E-state index < -0.39 is 0 Å². The number of carbonyl (C=O) groups is 1. The zero-order valence-corrected chi connectivity index (χ0v) is 21.4. The number of hydrogen-bond donors (Lipinski definition) is 1. The van der Waals surface area contributed by atoms with Crippen molar-refractivity contribution in [2.24, 2.45) is 23.2 Å². The Hall–Kier alpha value is -2.53. The summed E-state index contributed by atoms with van der Waals surface area (Å²) < 4.78 is 5.97. The molecular weight excluding hydrogens is 452 g/mol. The van der Waals surface area contributed by atoms with E-state index in [4.69, 9.17) is 9.40 Å². The van der Waals surface area contributed by atoms with Gasteiger partial charge in [0, 0.05) is 27.8 Å². The van der Waals surface area contributed by atoms with E-state index in [1.165, 1.54) is 43.4 Å². The number of aromatic nitrogens is 1. The molecule has 3 aromatic rings. The molecular formula is C30H34N2O2S. The van der Waals surface area contributed by atoms with Gasteiger partial charge in [0.05, 0.1) is 5.69 Å². The maximum absolute atomic E-state index is 13.1. The minimum absolute atomic E-state index is 0.0309. The molecule has 1 amide bonds. The molecule has 1 aromatic heterocycles. The minimum atomic E-state index is 0.0309. The first-order valence-corrected chi connectivity index (χ1v) is 14.0. The Balaban J connectivity index is 1.10. The van der Waals surface area contributed by atoms with E-state index in [1.54, 1.807) is 11.8 Å². The Morgan fingerprint density at radius 1 is 1.03 bits per heavy atom. The number of amides is 1. The average molecular weight is 487 g/mol. The van der Waals surface area contributed by atoms with Crippen molar-refractivity contribution < 1.29 is 9.21 Å². The number of carbonyl (C=O) groups excluding carboxylic acids is 1. The van der Waals surface area contributed by atoms with E-state index in [1.807, 2.05) is 49.4 Å². The molecule has 5 heteroatoms. The molecule has 4 bridgehead atoms. The molecule has 4 saturated carbocycles. The van der Waals surface area contributed by atoms with Gasteiger partial charge in [-0.1, -0.05) is 18.2 Å². The lowest BCUT2D eigenvalue weighted by molar-refractivity contribution is -0.0688. The molecule has 7 rings (SSSR count). The van der Waals surface area contributed by atoms with E-state index in [-0.39, 0.29) is 11.9 Å². The van der Waals surface area contributed by atoms with Crippen molar-refractivity contribution in [3.05, 3.63) is 71.6 Å². The van der Waals surface area contributed by atoms with Crippen molar-refractivity contribution >= 4 is 17.7 Å². The normalized spacial score (nSPS) is 27.7. The smallest absolute Gasteiger partial charge is 0.251 e. The fourth-order valence-electron chi connectivity index (χ4n) is 7.26. The number of nitrogens with one attached hydrogen (secondary N) is 1. The number of rotatable bonds is 7. The van der Waals surface area contributed by atoms with Crippen LogP contribution in [0.1, 0.15) is 67.3 Å². The summed E-state index contributed by atoms with van der Waals surface area (Å²) in [4.78, 5) is 19.1. The van der Waals surface area contributed by atoms with Gasteiger partial charge in [-0.15, -0.1) is 11.8 Å². The van der Waals surface area contributed by atoms with Crippen LogP contribution in [0.3, 0.4) is 0 Å². The second kappa shape index (κ2) is 9.16. The van der Waals surface area contributed by atoms with Gasteiger partial charge in [-0.25, -0.2) is 4.98 Å². The molecule has 4 aliphatic rings. The molecule has 182 valence electrons. The van der Waals surface area contributed by atoms with Gasteiger partial charge in [0.25, 0.3) is 5.91 Å². The van der Waals surface area contributed by atoms with Gasteiger partial charge in [0.15, 0.2) is 0 Å². The third-order valence-electron chi connectivity index (χ3n) is 8.76. The number of hydrogen-bond acceptors (Lipinski definition) is 4. The standard InChI is InChI=1S/C30H34N2O2S/c1-19-27(18-35-26-6-4-3-5-7-26)32-29(34-19)25-10-8-24(9-11-25)28(33)31-20(2)30-15-21-12-22(16-30)14-23(13-21)17-30/h3-11,20-23H,12-18H2,1-2H3,(H,31,33). The molecule has 2 aromatic carbocycles. The Morgan fingerprint density at radius 2 is 1.66 bits per heavy atom. The van der Waals surface area contributed by atoms with Gasteiger partial charge in [0.1, 0.15) is 5.76 Å². The monoisotopic (exact) mass is 486 g/mol. The van der Waals surface area contributed by atoms with Gasteiger partial charge >= 0.3 is 0 Å². The summed E-state index contributed by atoms with van der Waals surface area (Å²) in [5, 5.41) is 3.38. The van der Waals surface area contributed by atoms with Crippen LogP contribution in [0.2, 0.25) is 0 Å². The average Bonchev–Trinajstić information content (AvgIpc) is 3.23. The van der Waals surface area contributed by atoms with Crippen molar-refractivity contribution in [1.82, 2.24) is 10.3 Å². The van der Waals surface area contributed by atoms with Crippen LogP contribution in [0, 0.1) is 30.1 Å². The van der Waals surface area contributed by atoms with Crippen LogP contribution < -0.4 is 5.32 Å². The Labute approximate surface area is 212 Å². The molecule has 0 spiro atoms. The van der Waals surface area contributed by atoms with E-state index in [9.17, 15) is 4.79 Å². The number of oxazole rings is 1. The molecule has 4 fully saturated rings. The predicted molar refractivity (Wildman–Crippen MR) is 140 cm³/mol. The SMILES string of the molecule is Cc1oc(-c2ccc(C(=O)NC(C)C34CC5CC(CC(C5)C3)C4)cc2)nc1CSc1ccccc1. The van der Waals surface area contributed by atoms with Crippen LogP contribution in [0.5, 0.6) is 0 Å². The largest absolute Gasteiger partial charge is 0.441 e. The summed E-state index contributed by atoms with van der Waals surface area (Å²) in [5.74, 6) is 4.92. The molecule has 35 heavy (non-hydrogen) atoms. The first kappa shape index (κ1) is 22.9. The lowest BCUT2D eigenvalue weighted by Crippen LogP contribution is -2.55. The molecule has 0 aliphatic heterocycles. The first-order chi connectivity index (χ1) is 17.0. The zero-order chi connectivity index (χ0) is 24.0. The predicted octanol–water partition coefficient (Wildman–Crippen LogP) is 7.28. The van der Waals surface area contributed by atoms with Crippen molar-refractivity contribution in [2.45, 2.75) is 69.1 Å². The fourth-order valence-corrected chi connectivity index (χ4v) is 8.18. The van der Waals surface area contributed by atoms with Gasteiger partial charge in [0.2, 0.25) is 5.89 Å². The van der Waals surface area contributed by atoms with Crippen LogP contribution in [0.4, 0.5) is 0 Å². The summed E-state index contributed by atoms with van der Waals surface area (Å²) >= 11 is 1.75. The van der Waals surface area contributed by atoms with E-state index in [0.717, 1.165) is 40.5 Å². The highest BCUT2D eigenvalue weighted by Crippen LogP contribution is 2.61. The molecule has 1 atom stereocenters. The number of benzene rings is 2. The van der Waals surface area contributed by atoms with E-state index in [2.05, 4.69) is 24.4 Å². The molecule has 1 unspecified atom stereocenters. The third-order valence-corrected chi connectivity index (χ3v) is 9.78. The van der Waals surface area contributed by atoms with Crippen LogP contribution in [0.25, 0.3) is 11.5 Å². The summed E-state index contributed by atoms with van der Waals surface area (Å²) in [7, 11) is 0. The highest BCUT2D eigenvalue weighted by Gasteiger charge is 2.53. The van der Waals surface area contributed by atoms with Crippen LogP contribution in [-0.4, -0.2) is 16.9 Å². The molecule has 1 heterocycles. The van der Waals surface area contributed by atoms with Gasteiger partial charge in [-0.05, 0) is 112 Å². The van der Waals surface area contributed by atoms with Crippen LogP contribution in [-0.2, 0) is 5.75 Å². The Bertz CT molecular complexity index is 1170. The number of aryl methyl sites for hydroxylation is 1. The van der Waals surface area contributed by atoms with Crippen molar-refractivity contribution in [3.63, 3.8) is 0 Å². The maximum Gasteiger partial charge on any atom is 0.251 e. The summed E-state index contributed by atoms with van der Waals surface area (Å²) in [6, 6.07) is 18.2. The number of nitrogens with zero attached hydrogens (tertiary/aromatic N) is 1. The zero-order valence-electron chi connectivity index (χ0n) is 20.6. The molecule has 4 nitrogen and oxygen atoms in total. The van der Waals surface area contributed by atoms with E-state index in [0.29, 0.717) is 16.9 Å². The highest BCUT2D eigenvalue weighted by molar-refractivity contribution is 7.98. The molecule has 0 saturated heterocycles. The molecule has 4 aliphatic carbocycles. The lowest BCUT2D eigenvalue weighted by Gasteiger charge is -2.59. The van der Waals surface area contributed by atoms with Crippen molar-refractivity contribution in [1.29, 1.82) is 0 Å². The highest BCUT2D eigenvalue weighted by atomic mass is 32.2. The Kier molecular flexibility index (Phi) is 6.00. The number of thioether (sulfide) groups is 1. The first-order valence-electron chi connectivity index (χ1n) is 13.0. The van der Waals surface area contributed by atoms with Crippen LogP contribution in [0.15, 0.2) is 63.9 Å². The second-order valence-corrected chi connectivity index (χ2v) is 12.2. The molecule has 0 radical (unpaired) electrons. The maximum atomic E-state index is 13.1. The minimum Gasteiger partial charge on any atom is -0.441 e. The topological polar surface area (TPSA) is 55.1 Å². The summed E-state index contributed by atoms with van der Waals surface area (Å²) in [6.07, 6.45) is 8.17. The van der Waals surface area contributed by atoms with Crippen molar-refractivity contribution in [2.75, 3.05) is 0 Å². The fraction of sp³-hybridized carbons (Fsp3) is 0.467. The third kappa shape index (κ3) is 4.55.